The van der Waals surface area contributed by atoms with Crippen molar-refractivity contribution in [1.82, 2.24) is 15.5 Å². The molecule has 8 nitrogen and oxygen atoms in total. The van der Waals surface area contributed by atoms with Gasteiger partial charge in [0.15, 0.2) is 4.34 Å². The minimum Gasteiger partial charge on any atom is -0.497 e. The van der Waals surface area contributed by atoms with E-state index in [-0.39, 0.29) is 5.75 Å². The lowest BCUT2D eigenvalue weighted by Gasteiger charge is -2.10. The number of carbonyl (C=O) groups is 2. The van der Waals surface area contributed by atoms with Crippen molar-refractivity contribution in [3.05, 3.63) is 59.2 Å². The summed E-state index contributed by atoms with van der Waals surface area (Å²) in [5.41, 5.74) is 3.78. The molecule has 0 aliphatic carbocycles. The predicted molar refractivity (Wildman–Crippen MR) is 124 cm³/mol. The second-order valence-electron chi connectivity index (χ2n) is 6.61. The molecule has 2 aromatic carbocycles. The van der Waals surface area contributed by atoms with Crippen LogP contribution in [0.15, 0.2) is 46.8 Å². The zero-order valence-corrected chi connectivity index (χ0v) is 19.0. The molecule has 3 amide bonds. The Hall–Kier alpha value is -3.11. The summed E-state index contributed by atoms with van der Waals surface area (Å²) in [7, 11) is 1.63. The third-order valence-electron chi connectivity index (χ3n) is 4.44. The van der Waals surface area contributed by atoms with Gasteiger partial charge < -0.3 is 15.4 Å². The Morgan fingerprint density at radius 1 is 1.10 bits per heavy atom. The number of amides is 3. The molecule has 0 saturated heterocycles. The summed E-state index contributed by atoms with van der Waals surface area (Å²) in [6, 6.07) is 12.8. The summed E-state index contributed by atoms with van der Waals surface area (Å²) >= 11 is 2.58. The molecule has 3 aromatic rings. The smallest absolute Gasteiger partial charge is 0.325 e. The molecule has 0 fully saturated rings. The number of aryl methyl sites for hydroxylation is 1. The number of thioether (sulfide) groups is 1. The lowest BCUT2D eigenvalue weighted by Crippen LogP contribution is -2.35. The van der Waals surface area contributed by atoms with Crippen molar-refractivity contribution in [2.75, 3.05) is 23.5 Å². The van der Waals surface area contributed by atoms with E-state index < -0.39 is 11.9 Å². The Morgan fingerprint density at radius 2 is 1.87 bits per heavy atom. The van der Waals surface area contributed by atoms with Gasteiger partial charge in [0.25, 0.3) is 0 Å². The van der Waals surface area contributed by atoms with Crippen LogP contribution in [-0.2, 0) is 11.3 Å². The second kappa shape index (κ2) is 10.8. The van der Waals surface area contributed by atoms with Gasteiger partial charge in [-0.25, -0.2) is 4.79 Å². The zero-order chi connectivity index (χ0) is 22.2. The maximum Gasteiger partial charge on any atom is 0.325 e. The van der Waals surface area contributed by atoms with Crippen molar-refractivity contribution < 1.29 is 14.3 Å². The van der Waals surface area contributed by atoms with Crippen LogP contribution >= 0.6 is 23.1 Å². The van der Waals surface area contributed by atoms with E-state index in [1.54, 1.807) is 13.2 Å². The molecule has 0 bridgehead atoms. The van der Waals surface area contributed by atoms with Gasteiger partial charge in [-0.15, -0.1) is 10.2 Å². The van der Waals surface area contributed by atoms with Crippen LogP contribution < -0.4 is 20.7 Å². The second-order valence-corrected chi connectivity index (χ2v) is 8.81. The van der Waals surface area contributed by atoms with Gasteiger partial charge in [-0.05, 0) is 48.7 Å². The van der Waals surface area contributed by atoms with E-state index in [1.807, 2.05) is 50.2 Å². The lowest BCUT2D eigenvalue weighted by molar-refractivity contribution is -0.117. The van der Waals surface area contributed by atoms with Gasteiger partial charge in [-0.2, -0.15) is 0 Å². The van der Waals surface area contributed by atoms with Crippen molar-refractivity contribution in [2.24, 2.45) is 0 Å². The number of methoxy groups -OCH3 is 1. The van der Waals surface area contributed by atoms with E-state index in [0.717, 1.165) is 22.4 Å². The zero-order valence-electron chi connectivity index (χ0n) is 17.4. The van der Waals surface area contributed by atoms with Crippen LogP contribution in [0.3, 0.4) is 0 Å². The number of hydrogen-bond acceptors (Lipinski definition) is 8. The van der Waals surface area contributed by atoms with Crippen molar-refractivity contribution in [3.63, 3.8) is 0 Å². The Balaban J connectivity index is 1.42. The number of nitrogens with one attached hydrogen (secondary N) is 3. The minimum absolute atomic E-state index is 0.0628. The quantitative estimate of drug-likeness (QED) is 0.435. The molecule has 0 atom stereocenters. The maximum atomic E-state index is 12.1. The molecular formula is C21H23N5O3S2. The first kappa shape index (κ1) is 22.6. The summed E-state index contributed by atoms with van der Waals surface area (Å²) in [6.07, 6.45) is 0. The highest BCUT2D eigenvalue weighted by atomic mass is 32.2. The van der Waals surface area contributed by atoms with E-state index >= 15 is 0 Å². The number of ether oxygens (including phenoxy) is 1. The molecule has 3 N–H and O–H groups in total. The van der Waals surface area contributed by atoms with Gasteiger partial charge >= 0.3 is 6.03 Å². The minimum atomic E-state index is -0.557. The average Bonchev–Trinajstić information content (AvgIpc) is 3.22. The molecule has 10 heteroatoms. The van der Waals surface area contributed by atoms with Crippen LogP contribution in [0.2, 0.25) is 0 Å². The van der Waals surface area contributed by atoms with Gasteiger partial charge in [0.2, 0.25) is 11.0 Å². The number of rotatable bonds is 8. The number of nitrogens with zero attached hydrogens (tertiary/aromatic N) is 2. The number of benzene rings is 2. The number of carbonyl (C=O) groups excluding carboxylic acids is 2. The Morgan fingerprint density at radius 3 is 2.61 bits per heavy atom. The van der Waals surface area contributed by atoms with E-state index in [0.29, 0.717) is 21.7 Å². The molecule has 0 aliphatic heterocycles. The van der Waals surface area contributed by atoms with Crippen LogP contribution in [0.25, 0.3) is 0 Å². The molecule has 0 unspecified atom stereocenters. The van der Waals surface area contributed by atoms with Crippen LogP contribution in [0.4, 0.5) is 15.6 Å². The number of anilines is 2. The Bertz CT molecular complexity index is 1050. The summed E-state index contributed by atoms with van der Waals surface area (Å²) < 4.78 is 5.78. The first-order valence-corrected chi connectivity index (χ1v) is 11.2. The first-order valence-electron chi connectivity index (χ1n) is 9.44. The normalized spacial score (nSPS) is 10.4. The number of urea groups is 1. The van der Waals surface area contributed by atoms with E-state index in [9.17, 15) is 9.59 Å². The first-order chi connectivity index (χ1) is 14.9. The number of hydrogen-bond donors (Lipinski definition) is 3. The van der Waals surface area contributed by atoms with Crippen LogP contribution in [0, 0.1) is 13.8 Å². The van der Waals surface area contributed by atoms with Crippen LogP contribution in [-0.4, -0.2) is 35.0 Å². The lowest BCUT2D eigenvalue weighted by atomic mass is 10.1. The molecule has 162 valence electrons. The Labute approximate surface area is 188 Å². The van der Waals surface area contributed by atoms with Crippen LogP contribution in [0.5, 0.6) is 5.75 Å². The highest BCUT2D eigenvalue weighted by Gasteiger charge is 2.12. The predicted octanol–water partition coefficient (Wildman–Crippen LogP) is 4.22. The van der Waals surface area contributed by atoms with Gasteiger partial charge in [0.05, 0.1) is 12.9 Å². The fourth-order valence-corrected chi connectivity index (χ4v) is 4.14. The van der Waals surface area contributed by atoms with Crippen molar-refractivity contribution in [1.29, 1.82) is 0 Å². The highest BCUT2D eigenvalue weighted by Crippen LogP contribution is 2.26. The molecule has 1 aromatic heterocycles. The van der Waals surface area contributed by atoms with Gasteiger partial charge in [0, 0.05) is 12.2 Å². The van der Waals surface area contributed by atoms with Gasteiger partial charge in [-0.1, -0.05) is 47.4 Å². The highest BCUT2D eigenvalue weighted by molar-refractivity contribution is 8.01. The van der Waals surface area contributed by atoms with Crippen molar-refractivity contribution in [2.45, 2.75) is 24.7 Å². The molecule has 3 rings (SSSR count). The fraction of sp³-hybridized carbons (Fsp3) is 0.238. The third kappa shape index (κ3) is 6.69. The molecule has 0 spiro atoms. The van der Waals surface area contributed by atoms with E-state index in [2.05, 4.69) is 26.1 Å². The van der Waals surface area contributed by atoms with Gasteiger partial charge in [0.1, 0.15) is 5.75 Å². The SMILES string of the molecule is COc1ccc(CNc2nnc(SCC(=O)NC(=O)Nc3cccc(C)c3C)s2)cc1. The Kier molecular flexibility index (Phi) is 7.85. The summed E-state index contributed by atoms with van der Waals surface area (Å²) in [4.78, 5) is 24.1. The molecule has 0 saturated carbocycles. The van der Waals surface area contributed by atoms with Crippen molar-refractivity contribution >= 4 is 45.9 Å². The summed E-state index contributed by atoms with van der Waals surface area (Å²) in [5.74, 6) is 0.461. The average molecular weight is 458 g/mol. The largest absolute Gasteiger partial charge is 0.497 e. The van der Waals surface area contributed by atoms with Gasteiger partial charge in [-0.3, -0.25) is 10.1 Å². The molecular weight excluding hydrogens is 434 g/mol. The number of imide groups is 1. The van der Waals surface area contributed by atoms with Crippen molar-refractivity contribution in [3.8, 4) is 5.75 Å². The monoisotopic (exact) mass is 457 g/mol. The van der Waals surface area contributed by atoms with Crippen LogP contribution in [0.1, 0.15) is 16.7 Å². The summed E-state index contributed by atoms with van der Waals surface area (Å²) in [5, 5.41) is 17.0. The maximum absolute atomic E-state index is 12.1. The molecule has 31 heavy (non-hydrogen) atoms. The topological polar surface area (TPSA) is 105 Å². The standard InChI is InChI=1S/C21H23N5O3S2/c1-13-5-4-6-17(14(13)2)23-19(28)24-18(27)12-30-21-26-25-20(31-21)22-11-15-7-9-16(29-3)10-8-15/h4-10H,11-12H2,1-3H3,(H,22,25)(H2,23,24,27,28). The molecule has 0 radical (unpaired) electrons. The van der Waals surface area contributed by atoms with E-state index in [1.165, 1.54) is 23.1 Å². The number of aromatic nitrogens is 2. The third-order valence-corrected chi connectivity index (χ3v) is 6.46. The van der Waals surface area contributed by atoms with E-state index in [4.69, 9.17) is 4.74 Å². The molecule has 0 aliphatic rings. The molecule has 1 heterocycles. The fourth-order valence-electron chi connectivity index (χ4n) is 2.59. The summed E-state index contributed by atoms with van der Waals surface area (Å²) in [6.45, 7) is 4.48.